The Hall–Kier alpha value is -2.59. The maximum Gasteiger partial charge on any atom is 0.112 e. The van der Waals surface area contributed by atoms with Crippen LogP contribution in [-0.2, 0) is 0 Å². The molecular formula is C28H20N4S4. The Morgan fingerprint density at radius 1 is 0.806 bits per heavy atom. The van der Waals surface area contributed by atoms with Crippen LogP contribution in [0.2, 0.25) is 0 Å². The summed E-state index contributed by atoms with van der Waals surface area (Å²) in [5.74, 6) is 0. The minimum atomic E-state index is 0.292. The third-order valence-corrected chi connectivity index (χ3v) is 11.1. The van der Waals surface area contributed by atoms with Gasteiger partial charge < -0.3 is 0 Å². The molecule has 0 spiro atoms. The second kappa shape index (κ2) is 7.95. The Balaban J connectivity index is 1.38. The first-order valence-corrected chi connectivity index (χ1v) is 15.1. The van der Waals surface area contributed by atoms with Crippen LogP contribution in [-0.4, -0.2) is 20.8 Å². The molecule has 1 fully saturated rings. The minimum absolute atomic E-state index is 0.292. The van der Waals surface area contributed by atoms with E-state index < -0.39 is 0 Å². The van der Waals surface area contributed by atoms with Gasteiger partial charge in [0.15, 0.2) is 0 Å². The SMILES string of the molecule is Cc1c2cc3c(-c4cccc5nsnc45)csc3c(C)c2cc2c(C3=CC=CC4NSNC34)csc12. The van der Waals surface area contributed by atoms with E-state index in [9.17, 15) is 0 Å². The van der Waals surface area contributed by atoms with E-state index in [4.69, 9.17) is 0 Å². The maximum atomic E-state index is 4.61. The molecule has 176 valence electrons. The normalized spacial score (nSPS) is 19.7. The van der Waals surface area contributed by atoms with Crippen molar-refractivity contribution in [3.05, 3.63) is 76.0 Å². The second-order valence-corrected chi connectivity index (χ2v) is 12.4. The number of aromatic nitrogens is 2. The highest BCUT2D eigenvalue weighted by Crippen LogP contribution is 2.45. The number of hydrogen-bond acceptors (Lipinski definition) is 8. The summed E-state index contributed by atoms with van der Waals surface area (Å²) in [5, 5.41) is 10.0. The molecule has 3 aromatic carbocycles. The number of rotatable bonds is 2. The van der Waals surface area contributed by atoms with Crippen molar-refractivity contribution in [2.75, 3.05) is 0 Å². The third-order valence-electron chi connectivity index (χ3n) is 7.57. The van der Waals surface area contributed by atoms with Crippen molar-refractivity contribution in [1.29, 1.82) is 0 Å². The molecule has 2 atom stereocenters. The number of fused-ring (bicyclic) bond motifs is 5. The molecule has 8 rings (SSSR count). The van der Waals surface area contributed by atoms with Crippen molar-refractivity contribution in [2.24, 2.45) is 0 Å². The van der Waals surface area contributed by atoms with E-state index in [1.54, 1.807) is 12.1 Å². The molecule has 8 heteroatoms. The van der Waals surface area contributed by atoms with E-state index in [0.29, 0.717) is 12.1 Å². The van der Waals surface area contributed by atoms with Gasteiger partial charge in [-0.25, -0.2) is 9.44 Å². The molecule has 6 aromatic rings. The summed E-state index contributed by atoms with van der Waals surface area (Å²) in [7, 11) is 0. The number of aryl methyl sites for hydroxylation is 2. The lowest BCUT2D eigenvalue weighted by Crippen LogP contribution is -2.34. The van der Waals surface area contributed by atoms with Gasteiger partial charge in [0, 0.05) is 43.4 Å². The molecule has 2 N–H and O–H groups in total. The molecule has 2 unspecified atom stereocenters. The number of thiophene rings is 2. The summed E-state index contributed by atoms with van der Waals surface area (Å²) >= 11 is 6.59. The zero-order chi connectivity index (χ0) is 24.0. The Morgan fingerprint density at radius 3 is 2.36 bits per heavy atom. The van der Waals surface area contributed by atoms with Gasteiger partial charge in [-0.15, -0.1) is 22.7 Å². The Morgan fingerprint density at radius 2 is 1.56 bits per heavy atom. The number of nitrogens with one attached hydrogen (secondary N) is 2. The predicted octanol–water partition coefficient (Wildman–Crippen LogP) is 8.00. The van der Waals surface area contributed by atoms with Gasteiger partial charge in [-0.3, -0.25) is 0 Å². The molecule has 0 saturated carbocycles. The molecule has 3 aromatic heterocycles. The average molecular weight is 541 g/mol. The third kappa shape index (κ3) is 2.94. The Labute approximate surface area is 224 Å². The fourth-order valence-electron chi connectivity index (χ4n) is 5.72. The van der Waals surface area contributed by atoms with E-state index in [1.807, 2.05) is 28.7 Å². The minimum Gasteiger partial charge on any atom is -0.242 e. The predicted molar refractivity (Wildman–Crippen MR) is 159 cm³/mol. The zero-order valence-corrected chi connectivity index (χ0v) is 22.7. The topological polar surface area (TPSA) is 49.8 Å². The fraction of sp³-hybridized carbons (Fsp3) is 0.143. The van der Waals surface area contributed by atoms with E-state index in [2.05, 4.69) is 85.3 Å². The molecule has 4 nitrogen and oxygen atoms in total. The highest BCUT2D eigenvalue weighted by atomic mass is 32.2. The molecule has 1 saturated heterocycles. The first kappa shape index (κ1) is 21.5. The van der Waals surface area contributed by atoms with Crippen molar-refractivity contribution >= 4 is 94.1 Å². The van der Waals surface area contributed by atoms with Gasteiger partial charge in [0.2, 0.25) is 0 Å². The summed E-state index contributed by atoms with van der Waals surface area (Å²) in [6.45, 7) is 4.57. The molecule has 0 radical (unpaired) electrons. The summed E-state index contributed by atoms with van der Waals surface area (Å²) < 4.78 is 18.8. The first-order valence-electron chi connectivity index (χ1n) is 11.8. The Kier molecular flexibility index (Phi) is 4.75. The lowest BCUT2D eigenvalue weighted by Gasteiger charge is -2.22. The molecule has 0 bridgehead atoms. The Bertz CT molecular complexity index is 1920. The maximum absolute atomic E-state index is 4.61. The summed E-state index contributed by atoms with van der Waals surface area (Å²) in [6, 6.07) is 11.8. The number of nitrogens with zero attached hydrogens (tertiary/aromatic N) is 2. The summed E-state index contributed by atoms with van der Waals surface area (Å²) in [4.78, 5) is 0. The number of allylic oxidation sites excluding steroid dienone is 2. The average Bonchev–Trinajstić information content (AvgIpc) is 3.69. The highest BCUT2D eigenvalue weighted by molar-refractivity contribution is 7.95. The van der Waals surface area contributed by atoms with Crippen LogP contribution in [0, 0.1) is 13.8 Å². The fourth-order valence-corrected chi connectivity index (χ4v) is 9.24. The van der Waals surface area contributed by atoms with Crippen molar-refractivity contribution in [3.63, 3.8) is 0 Å². The van der Waals surface area contributed by atoms with Gasteiger partial charge in [0.25, 0.3) is 0 Å². The van der Waals surface area contributed by atoms with Gasteiger partial charge in [0.1, 0.15) is 11.0 Å². The van der Waals surface area contributed by atoms with Gasteiger partial charge in [-0.05, 0) is 75.8 Å². The van der Waals surface area contributed by atoms with Crippen LogP contribution < -0.4 is 9.44 Å². The van der Waals surface area contributed by atoms with E-state index in [-0.39, 0.29) is 0 Å². The number of benzene rings is 3. The molecule has 36 heavy (non-hydrogen) atoms. The van der Waals surface area contributed by atoms with Gasteiger partial charge in [0.05, 0.1) is 23.8 Å². The monoisotopic (exact) mass is 540 g/mol. The molecule has 0 amide bonds. The quantitative estimate of drug-likeness (QED) is 0.218. The van der Waals surface area contributed by atoms with Crippen LogP contribution >= 0.6 is 46.5 Å². The molecular weight excluding hydrogens is 521 g/mol. The van der Waals surface area contributed by atoms with Crippen LogP contribution in [0.4, 0.5) is 0 Å². The summed E-state index contributed by atoms with van der Waals surface area (Å²) in [6.07, 6.45) is 6.71. The van der Waals surface area contributed by atoms with Crippen molar-refractivity contribution in [3.8, 4) is 11.1 Å². The smallest absolute Gasteiger partial charge is 0.112 e. The van der Waals surface area contributed by atoms with Crippen molar-refractivity contribution in [2.45, 2.75) is 25.9 Å². The zero-order valence-electron chi connectivity index (χ0n) is 19.5. The second-order valence-electron chi connectivity index (χ2n) is 9.44. The van der Waals surface area contributed by atoms with E-state index >= 15 is 0 Å². The van der Waals surface area contributed by atoms with Crippen LogP contribution in [0.25, 0.3) is 58.7 Å². The van der Waals surface area contributed by atoms with Crippen LogP contribution in [0.1, 0.15) is 16.7 Å². The van der Waals surface area contributed by atoms with E-state index in [1.165, 1.54) is 76.1 Å². The molecule has 1 aliphatic carbocycles. The molecule has 2 aliphatic rings. The van der Waals surface area contributed by atoms with Gasteiger partial charge in [-0.2, -0.15) is 8.75 Å². The molecule has 1 aliphatic heterocycles. The van der Waals surface area contributed by atoms with Crippen LogP contribution in [0.15, 0.2) is 59.3 Å². The van der Waals surface area contributed by atoms with Crippen LogP contribution in [0.5, 0.6) is 0 Å². The van der Waals surface area contributed by atoms with Crippen molar-refractivity contribution < 1.29 is 0 Å². The number of hydrogen-bond donors (Lipinski definition) is 2. The van der Waals surface area contributed by atoms with Crippen LogP contribution in [0.3, 0.4) is 0 Å². The van der Waals surface area contributed by atoms with Gasteiger partial charge in [-0.1, -0.05) is 30.4 Å². The van der Waals surface area contributed by atoms with Crippen molar-refractivity contribution in [1.82, 2.24) is 18.2 Å². The first-order chi connectivity index (χ1) is 17.7. The summed E-state index contributed by atoms with van der Waals surface area (Å²) in [5.41, 5.74) is 9.84. The van der Waals surface area contributed by atoms with E-state index in [0.717, 1.165) is 11.0 Å². The standard InChI is InChI=1S/C28H20N4S4/c1-13-17-9-20-22(16-6-4-8-24-26(16)32-36-30-24)12-34-28(20)14(2)18(17)10-19-21(11-33-27(13)19)15-5-3-7-23-25(15)31-35-29-23/h3-12,23,25,29,31H,1-2H3. The highest BCUT2D eigenvalue weighted by Gasteiger charge is 2.32. The molecule has 4 heterocycles. The lowest BCUT2D eigenvalue weighted by molar-refractivity contribution is 0.690. The lowest BCUT2D eigenvalue weighted by atomic mass is 9.88. The largest absolute Gasteiger partial charge is 0.242 e. The van der Waals surface area contributed by atoms with Gasteiger partial charge >= 0.3 is 0 Å².